The third kappa shape index (κ3) is 11.5. The Balaban J connectivity index is 0.000000697. The Hall–Kier alpha value is -3.90. The minimum absolute atomic E-state index is 0.0765. The van der Waals surface area contributed by atoms with Gasteiger partial charge in [-0.15, -0.1) is 0 Å². The molecule has 0 radical (unpaired) electrons. The smallest absolute Gasteiger partial charge is 0.416 e. The van der Waals surface area contributed by atoms with Gasteiger partial charge < -0.3 is 30.1 Å². The Morgan fingerprint density at radius 3 is 2.11 bits per heavy atom. The van der Waals surface area contributed by atoms with Crippen LogP contribution in [-0.2, 0) is 20.5 Å². The number of carboxylic acid groups (broad SMARTS) is 2. The maximum atomic E-state index is 12.8. The summed E-state index contributed by atoms with van der Waals surface area (Å²) >= 11 is 0. The monoisotopic (exact) mass is 513 g/mol. The number of benzene rings is 2. The molecule has 2 aromatic rings. The van der Waals surface area contributed by atoms with Crippen LogP contribution in [0.2, 0.25) is 0 Å². The van der Waals surface area contributed by atoms with Crippen LogP contribution in [0.4, 0.5) is 13.2 Å². The molecular weight excluding hydrogens is 487 g/mol. The quantitative estimate of drug-likeness (QED) is 0.278. The van der Waals surface area contributed by atoms with Crippen molar-refractivity contribution in [3.05, 3.63) is 77.4 Å². The number of nitrogens with one attached hydrogen (secondary N) is 1. The molecule has 0 fully saturated rings. The second-order valence-electron chi connectivity index (χ2n) is 7.29. The normalized spacial score (nSPS) is 12.7. The summed E-state index contributed by atoms with van der Waals surface area (Å²) < 4.78 is 48.5. The number of carbonyl (C=O) groups excluding carboxylic acids is 1. The predicted octanol–water partition coefficient (Wildman–Crippen LogP) is 3.29. The van der Waals surface area contributed by atoms with E-state index in [-0.39, 0.29) is 24.8 Å². The molecule has 0 aliphatic rings. The first kappa shape index (κ1) is 30.1. The molecule has 0 amide bonds. The Kier molecular flexibility index (Phi) is 12.1. The van der Waals surface area contributed by atoms with Crippen molar-refractivity contribution in [3.63, 3.8) is 0 Å². The van der Waals surface area contributed by atoms with Gasteiger partial charge in [-0.05, 0) is 48.9 Å². The fraction of sp³-hybridized carbons (Fsp3) is 0.292. The highest BCUT2D eigenvalue weighted by Crippen LogP contribution is 2.30. The Morgan fingerprint density at radius 2 is 1.61 bits per heavy atom. The lowest BCUT2D eigenvalue weighted by Gasteiger charge is -2.19. The zero-order valence-corrected chi connectivity index (χ0v) is 19.4. The van der Waals surface area contributed by atoms with E-state index < -0.39 is 35.8 Å². The second-order valence-corrected chi connectivity index (χ2v) is 7.29. The van der Waals surface area contributed by atoms with E-state index in [9.17, 15) is 32.7 Å². The van der Waals surface area contributed by atoms with Crippen LogP contribution in [-0.4, -0.2) is 59.5 Å². The predicted molar refractivity (Wildman–Crippen MR) is 122 cm³/mol. The van der Waals surface area contributed by atoms with E-state index in [1.54, 1.807) is 24.3 Å². The summed E-state index contributed by atoms with van der Waals surface area (Å²) in [5, 5.41) is 28.8. The van der Waals surface area contributed by atoms with Crippen molar-refractivity contribution >= 4 is 17.9 Å². The van der Waals surface area contributed by atoms with Gasteiger partial charge >= 0.3 is 24.1 Å². The number of aliphatic hydroxyl groups is 1. The van der Waals surface area contributed by atoms with Crippen LogP contribution >= 0.6 is 0 Å². The number of halogens is 3. The molecule has 2 unspecified atom stereocenters. The van der Waals surface area contributed by atoms with Gasteiger partial charge in [0.15, 0.2) is 0 Å². The van der Waals surface area contributed by atoms with Gasteiger partial charge in [0, 0.05) is 24.7 Å². The van der Waals surface area contributed by atoms with Crippen LogP contribution in [0.1, 0.15) is 34.5 Å². The summed E-state index contributed by atoms with van der Waals surface area (Å²) in [6.07, 6.45) is -4.41. The molecule has 0 aliphatic carbocycles. The molecule has 4 N–H and O–H groups in total. The van der Waals surface area contributed by atoms with Gasteiger partial charge in [0.25, 0.3) is 0 Å². The zero-order valence-electron chi connectivity index (χ0n) is 19.4. The average Bonchev–Trinajstić information content (AvgIpc) is 2.84. The number of carboxylic acids is 2. The molecule has 2 aromatic carbocycles. The fourth-order valence-corrected chi connectivity index (χ4v) is 2.58. The summed E-state index contributed by atoms with van der Waals surface area (Å²) in [4.78, 5) is 30.5. The van der Waals surface area contributed by atoms with Gasteiger partial charge in [0.1, 0.15) is 12.4 Å². The summed E-state index contributed by atoms with van der Waals surface area (Å²) in [6.45, 7) is 2.17. The third-order valence-electron chi connectivity index (χ3n) is 4.40. The van der Waals surface area contributed by atoms with Gasteiger partial charge in [-0.25, -0.2) is 14.4 Å². The maximum absolute atomic E-state index is 12.8. The van der Waals surface area contributed by atoms with Crippen molar-refractivity contribution in [1.29, 1.82) is 0 Å². The third-order valence-corrected chi connectivity index (χ3v) is 4.40. The fourth-order valence-electron chi connectivity index (χ4n) is 2.58. The largest absolute Gasteiger partial charge is 0.492 e. The number of methoxy groups -OCH3 is 1. The number of esters is 1. The lowest BCUT2D eigenvalue weighted by molar-refractivity contribution is -0.137. The molecule has 0 aliphatic heterocycles. The molecule has 0 aromatic heterocycles. The SMILES string of the molecule is COC(=O)c1ccc(OCC(C)NCC(O)c2cccc(C(F)(F)F)c2)cc1.O=C(O)/C=C/C(=O)O. The van der Waals surface area contributed by atoms with Gasteiger partial charge in [-0.1, -0.05) is 12.1 Å². The summed E-state index contributed by atoms with van der Waals surface area (Å²) in [5.41, 5.74) is -0.199. The molecule has 0 bridgehead atoms. The first-order chi connectivity index (χ1) is 16.8. The number of hydrogen-bond acceptors (Lipinski definition) is 7. The van der Waals surface area contributed by atoms with E-state index in [0.717, 1.165) is 12.1 Å². The van der Waals surface area contributed by atoms with Crippen LogP contribution in [0.3, 0.4) is 0 Å². The van der Waals surface area contributed by atoms with E-state index in [1.165, 1.54) is 19.2 Å². The highest BCUT2D eigenvalue weighted by Gasteiger charge is 2.30. The van der Waals surface area contributed by atoms with Gasteiger partial charge in [-0.2, -0.15) is 13.2 Å². The Bertz CT molecular complexity index is 1020. The second kappa shape index (κ2) is 14.5. The summed E-state index contributed by atoms with van der Waals surface area (Å²) in [7, 11) is 1.30. The van der Waals surface area contributed by atoms with Crippen molar-refractivity contribution in [2.45, 2.75) is 25.2 Å². The topological polar surface area (TPSA) is 142 Å². The van der Waals surface area contributed by atoms with Crippen LogP contribution in [0.25, 0.3) is 0 Å². The van der Waals surface area contributed by atoms with Crippen LogP contribution in [0, 0.1) is 0 Å². The molecule has 0 heterocycles. The first-order valence-electron chi connectivity index (χ1n) is 10.4. The Morgan fingerprint density at radius 1 is 1.03 bits per heavy atom. The molecule has 196 valence electrons. The summed E-state index contributed by atoms with van der Waals surface area (Å²) in [5.74, 6) is -2.40. The van der Waals surface area contributed by atoms with Crippen molar-refractivity contribution in [3.8, 4) is 5.75 Å². The lowest BCUT2D eigenvalue weighted by Crippen LogP contribution is -2.35. The maximum Gasteiger partial charge on any atom is 0.416 e. The van der Waals surface area contributed by atoms with Gasteiger partial charge in [0.2, 0.25) is 0 Å². The zero-order chi connectivity index (χ0) is 27.3. The molecule has 12 heteroatoms. The molecule has 36 heavy (non-hydrogen) atoms. The van der Waals surface area contributed by atoms with Gasteiger partial charge in [-0.3, -0.25) is 0 Å². The highest BCUT2D eigenvalue weighted by atomic mass is 19.4. The number of carbonyl (C=O) groups is 3. The van der Waals surface area contributed by atoms with Crippen molar-refractivity contribution in [2.75, 3.05) is 20.3 Å². The van der Waals surface area contributed by atoms with E-state index >= 15 is 0 Å². The van der Waals surface area contributed by atoms with E-state index in [1.807, 2.05) is 6.92 Å². The van der Waals surface area contributed by atoms with E-state index in [2.05, 4.69) is 10.1 Å². The molecule has 0 saturated carbocycles. The first-order valence-corrected chi connectivity index (χ1v) is 10.4. The number of ether oxygens (including phenoxy) is 2. The minimum Gasteiger partial charge on any atom is -0.492 e. The van der Waals surface area contributed by atoms with Gasteiger partial charge in [0.05, 0.1) is 24.3 Å². The van der Waals surface area contributed by atoms with Crippen LogP contribution in [0.15, 0.2) is 60.7 Å². The number of rotatable bonds is 10. The number of hydrogen-bond donors (Lipinski definition) is 4. The van der Waals surface area contributed by atoms with Crippen LogP contribution < -0.4 is 10.1 Å². The standard InChI is InChI=1S/C20H22F3NO4.C4H4O4/c1-13(12-28-17-8-6-14(7-9-17)19(26)27-2)24-11-18(25)15-4-3-5-16(10-15)20(21,22)23;5-3(6)1-2-4(7)8/h3-10,13,18,24-25H,11-12H2,1-2H3;1-2H,(H,5,6)(H,7,8)/b;2-1+. The van der Waals surface area contributed by atoms with E-state index in [4.69, 9.17) is 14.9 Å². The van der Waals surface area contributed by atoms with Crippen molar-refractivity contribution in [2.24, 2.45) is 0 Å². The number of aliphatic carboxylic acids is 2. The molecule has 2 atom stereocenters. The number of alkyl halides is 3. The molecule has 0 saturated heterocycles. The molecule has 2 rings (SSSR count). The lowest BCUT2D eigenvalue weighted by atomic mass is 10.1. The van der Waals surface area contributed by atoms with Crippen molar-refractivity contribution < 1.29 is 52.3 Å². The van der Waals surface area contributed by atoms with Crippen LogP contribution in [0.5, 0.6) is 5.75 Å². The highest BCUT2D eigenvalue weighted by molar-refractivity contribution is 5.90. The Labute approximate surface area is 204 Å². The van der Waals surface area contributed by atoms with Crippen molar-refractivity contribution in [1.82, 2.24) is 5.32 Å². The number of aliphatic hydroxyl groups excluding tert-OH is 1. The summed E-state index contributed by atoms with van der Waals surface area (Å²) in [6, 6.07) is 10.9. The molecular formula is C24H26F3NO8. The van der Waals surface area contributed by atoms with E-state index in [0.29, 0.717) is 23.5 Å². The average molecular weight is 513 g/mol. The molecule has 9 nitrogen and oxygen atoms in total. The minimum atomic E-state index is -4.45. The molecule has 0 spiro atoms.